The fourth-order valence-electron chi connectivity index (χ4n) is 1.23. The summed E-state index contributed by atoms with van der Waals surface area (Å²) in [6, 6.07) is 8.82. The Kier molecular flexibility index (Phi) is 4.46. The number of hydrogen-bond acceptors (Lipinski definition) is 1. The predicted molar refractivity (Wildman–Crippen MR) is 61.1 cm³/mol. The van der Waals surface area contributed by atoms with Gasteiger partial charge in [-0.1, -0.05) is 47.1 Å². The van der Waals surface area contributed by atoms with Crippen LogP contribution in [-0.4, -0.2) is 17.4 Å². The summed E-state index contributed by atoms with van der Waals surface area (Å²) in [5, 5.41) is 0. The number of benzene rings is 1. The Morgan fingerprint density at radius 1 is 1.15 bits per heavy atom. The molecule has 0 unspecified atom stereocenters. The van der Waals surface area contributed by atoms with Crippen molar-refractivity contribution < 1.29 is 0 Å². The maximum absolute atomic E-state index is 3.43. The van der Waals surface area contributed by atoms with Crippen molar-refractivity contribution >= 4 is 15.9 Å². The molecule has 1 aromatic carbocycles. The molecule has 0 amide bonds. The van der Waals surface area contributed by atoms with E-state index in [0.29, 0.717) is 0 Å². The molecule has 0 saturated heterocycles. The zero-order chi connectivity index (χ0) is 9.68. The normalized spacial score (nSPS) is 10.8. The van der Waals surface area contributed by atoms with Gasteiger partial charge < -0.3 is 0 Å². The van der Waals surface area contributed by atoms with Gasteiger partial charge in [0.05, 0.1) is 5.45 Å². The van der Waals surface area contributed by atoms with E-state index < -0.39 is 0 Å². The van der Waals surface area contributed by atoms with E-state index in [1.807, 2.05) is 0 Å². The summed E-state index contributed by atoms with van der Waals surface area (Å²) >= 11 is 3.43. The molecule has 0 N–H and O–H groups in total. The monoisotopic (exact) mass is 241 g/mol. The molecule has 0 heterocycles. The first-order chi connectivity index (χ1) is 6.26. The molecule has 1 rings (SSSR count). The molecule has 0 aliphatic heterocycles. The van der Waals surface area contributed by atoms with Gasteiger partial charge in [0.1, 0.15) is 0 Å². The molecule has 1 aromatic rings. The van der Waals surface area contributed by atoms with Crippen molar-refractivity contribution in [1.82, 2.24) is 4.90 Å². The molecule has 0 aliphatic carbocycles. The van der Waals surface area contributed by atoms with Crippen LogP contribution in [0.15, 0.2) is 24.3 Å². The second-order valence-corrected chi connectivity index (χ2v) is 3.81. The zero-order valence-electron chi connectivity index (χ0n) is 8.26. The van der Waals surface area contributed by atoms with E-state index in [9.17, 15) is 0 Å². The van der Waals surface area contributed by atoms with Crippen molar-refractivity contribution in [1.29, 1.82) is 0 Å². The Morgan fingerprint density at radius 3 is 2.15 bits per heavy atom. The molecule has 1 nitrogen and oxygen atoms in total. The van der Waals surface area contributed by atoms with E-state index in [1.54, 1.807) is 0 Å². The number of halogens is 1. The second kappa shape index (κ2) is 5.40. The SMILES string of the molecule is CCc1ccc(CN(C)CBr)cc1. The average Bonchev–Trinajstić information content (AvgIpc) is 2.19. The minimum atomic E-state index is 0.919. The smallest absolute Gasteiger partial charge is 0.0542 e. The van der Waals surface area contributed by atoms with Crippen molar-refractivity contribution in [2.75, 3.05) is 12.5 Å². The van der Waals surface area contributed by atoms with E-state index in [0.717, 1.165) is 18.4 Å². The summed E-state index contributed by atoms with van der Waals surface area (Å²) in [6.45, 7) is 3.19. The molecule has 0 aromatic heterocycles. The van der Waals surface area contributed by atoms with Gasteiger partial charge in [-0.15, -0.1) is 0 Å². The topological polar surface area (TPSA) is 3.24 Å². The van der Waals surface area contributed by atoms with Gasteiger partial charge in [0.25, 0.3) is 0 Å². The molecule has 0 spiro atoms. The lowest BCUT2D eigenvalue weighted by molar-refractivity contribution is 0.390. The van der Waals surface area contributed by atoms with Gasteiger partial charge in [-0.3, -0.25) is 4.90 Å². The molecule has 0 aliphatic rings. The number of hydrogen-bond donors (Lipinski definition) is 0. The molecule has 72 valence electrons. The van der Waals surface area contributed by atoms with E-state index in [2.05, 4.69) is 59.1 Å². The minimum Gasteiger partial charge on any atom is -0.292 e. The lowest BCUT2D eigenvalue weighted by Crippen LogP contribution is -2.14. The largest absolute Gasteiger partial charge is 0.292 e. The van der Waals surface area contributed by atoms with E-state index >= 15 is 0 Å². The maximum Gasteiger partial charge on any atom is 0.0542 e. The lowest BCUT2D eigenvalue weighted by atomic mass is 10.1. The van der Waals surface area contributed by atoms with Crippen LogP contribution < -0.4 is 0 Å². The number of aryl methyl sites for hydroxylation is 1. The summed E-state index contributed by atoms with van der Waals surface area (Å²) < 4.78 is 0. The second-order valence-electron chi connectivity index (χ2n) is 3.30. The third-order valence-corrected chi connectivity index (χ3v) is 2.94. The van der Waals surface area contributed by atoms with Crippen LogP contribution in [0.25, 0.3) is 0 Å². The highest BCUT2D eigenvalue weighted by Gasteiger charge is 1.97. The fourth-order valence-corrected chi connectivity index (χ4v) is 1.41. The Morgan fingerprint density at radius 2 is 1.69 bits per heavy atom. The third-order valence-electron chi connectivity index (χ3n) is 2.09. The maximum atomic E-state index is 3.43. The van der Waals surface area contributed by atoms with E-state index in [-0.39, 0.29) is 0 Å². The van der Waals surface area contributed by atoms with Crippen LogP contribution in [0.5, 0.6) is 0 Å². The predicted octanol–water partition coefficient (Wildman–Crippen LogP) is 3.03. The Labute approximate surface area is 88.9 Å². The number of nitrogens with zero attached hydrogens (tertiary/aromatic N) is 1. The van der Waals surface area contributed by atoms with Crippen molar-refractivity contribution in [3.8, 4) is 0 Å². The van der Waals surface area contributed by atoms with Gasteiger partial charge >= 0.3 is 0 Å². The zero-order valence-corrected chi connectivity index (χ0v) is 9.84. The van der Waals surface area contributed by atoms with E-state index in [1.165, 1.54) is 11.1 Å². The molecule has 0 radical (unpaired) electrons. The summed E-state index contributed by atoms with van der Waals surface area (Å²) in [4.78, 5) is 2.22. The van der Waals surface area contributed by atoms with Crippen molar-refractivity contribution in [2.24, 2.45) is 0 Å². The van der Waals surface area contributed by atoms with Crippen LogP contribution in [0.4, 0.5) is 0 Å². The van der Waals surface area contributed by atoms with Crippen molar-refractivity contribution in [3.05, 3.63) is 35.4 Å². The first-order valence-electron chi connectivity index (χ1n) is 4.58. The Hall–Kier alpha value is -0.340. The highest BCUT2D eigenvalue weighted by atomic mass is 79.9. The number of rotatable bonds is 4. The van der Waals surface area contributed by atoms with Crippen molar-refractivity contribution in [2.45, 2.75) is 19.9 Å². The molecular formula is C11H16BrN. The molecule has 13 heavy (non-hydrogen) atoms. The standard InChI is InChI=1S/C11H16BrN/c1-3-10-4-6-11(7-5-10)8-13(2)9-12/h4-7H,3,8-9H2,1-2H3. The molecule has 0 atom stereocenters. The van der Waals surface area contributed by atoms with Gasteiger partial charge in [0, 0.05) is 6.54 Å². The van der Waals surface area contributed by atoms with Gasteiger partial charge in [-0.25, -0.2) is 0 Å². The highest BCUT2D eigenvalue weighted by molar-refractivity contribution is 9.09. The minimum absolute atomic E-state index is 0.919. The van der Waals surface area contributed by atoms with E-state index in [4.69, 9.17) is 0 Å². The van der Waals surface area contributed by atoms with Gasteiger partial charge in [0.2, 0.25) is 0 Å². The molecule has 2 heteroatoms. The summed E-state index contributed by atoms with van der Waals surface area (Å²) in [7, 11) is 2.10. The van der Waals surface area contributed by atoms with Crippen molar-refractivity contribution in [3.63, 3.8) is 0 Å². The van der Waals surface area contributed by atoms with Crippen LogP contribution in [0.3, 0.4) is 0 Å². The molecule has 0 fully saturated rings. The number of alkyl halides is 1. The lowest BCUT2D eigenvalue weighted by Gasteiger charge is -2.12. The van der Waals surface area contributed by atoms with Crippen LogP contribution >= 0.6 is 15.9 Å². The average molecular weight is 242 g/mol. The van der Waals surface area contributed by atoms with Gasteiger partial charge in [-0.2, -0.15) is 0 Å². The molecular weight excluding hydrogens is 226 g/mol. The third kappa shape index (κ3) is 3.49. The van der Waals surface area contributed by atoms with Crippen LogP contribution in [0.1, 0.15) is 18.1 Å². The molecule has 0 saturated carbocycles. The fraction of sp³-hybridized carbons (Fsp3) is 0.455. The van der Waals surface area contributed by atoms with Crippen LogP contribution in [0.2, 0.25) is 0 Å². The van der Waals surface area contributed by atoms with Gasteiger partial charge in [0.15, 0.2) is 0 Å². The van der Waals surface area contributed by atoms with Gasteiger partial charge in [-0.05, 0) is 24.6 Å². The Bertz CT molecular complexity index is 243. The highest BCUT2D eigenvalue weighted by Crippen LogP contribution is 2.07. The molecule has 0 bridgehead atoms. The summed E-state index contributed by atoms with van der Waals surface area (Å²) in [5.41, 5.74) is 3.70. The first kappa shape index (κ1) is 10.7. The summed E-state index contributed by atoms with van der Waals surface area (Å²) in [5.74, 6) is 0. The summed E-state index contributed by atoms with van der Waals surface area (Å²) in [6.07, 6.45) is 1.12. The Balaban J connectivity index is 2.58. The quantitative estimate of drug-likeness (QED) is 0.579. The first-order valence-corrected chi connectivity index (χ1v) is 5.70. The van der Waals surface area contributed by atoms with Crippen LogP contribution in [-0.2, 0) is 13.0 Å². The van der Waals surface area contributed by atoms with Crippen LogP contribution in [0, 0.1) is 0 Å².